The maximum Gasteiger partial charge on any atom is 0.185 e. The smallest absolute Gasteiger partial charge is 0.185 e. The van der Waals surface area contributed by atoms with E-state index in [9.17, 15) is 4.79 Å². The Hall–Kier alpha value is -3.46. The van der Waals surface area contributed by atoms with Gasteiger partial charge in [-0.1, -0.05) is 12.1 Å². The Kier molecular flexibility index (Phi) is 6.63. The van der Waals surface area contributed by atoms with Crippen LogP contribution in [0, 0.1) is 11.3 Å². The lowest BCUT2D eigenvalue weighted by Gasteiger charge is -2.09. The zero-order chi connectivity index (χ0) is 18.9. The molecule has 26 heavy (non-hydrogen) atoms. The summed E-state index contributed by atoms with van der Waals surface area (Å²) in [7, 11) is 4.57. The SMILES string of the molecule is COc1ccc(C(=O)/C=C/c2ccc(OCC#N)c(OC)c2)cc1OC. The lowest BCUT2D eigenvalue weighted by atomic mass is 10.1. The molecule has 0 heterocycles. The van der Waals surface area contributed by atoms with Crippen molar-refractivity contribution in [2.75, 3.05) is 27.9 Å². The number of hydrogen-bond acceptors (Lipinski definition) is 6. The number of carbonyl (C=O) groups excluding carboxylic acids is 1. The van der Waals surface area contributed by atoms with Gasteiger partial charge in [-0.3, -0.25) is 4.79 Å². The number of methoxy groups -OCH3 is 3. The van der Waals surface area contributed by atoms with Gasteiger partial charge in [0.05, 0.1) is 21.3 Å². The number of allylic oxidation sites excluding steroid dienone is 1. The van der Waals surface area contributed by atoms with Crippen LogP contribution in [0.15, 0.2) is 42.5 Å². The number of rotatable bonds is 8. The Balaban J connectivity index is 2.18. The predicted molar refractivity (Wildman–Crippen MR) is 97.0 cm³/mol. The molecule has 0 saturated heterocycles. The summed E-state index contributed by atoms with van der Waals surface area (Å²) in [6.45, 7) is -0.0661. The molecule has 6 nitrogen and oxygen atoms in total. The number of carbonyl (C=O) groups is 1. The van der Waals surface area contributed by atoms with E-state index in [4.69, 9.17) is 24.2 Å². The number of nitriles is 1. The third kappa shape index (κ3) is 4.54. The van der Waals surface area contributed by atoms with Crippen LogP contribution in [-0.2, 0) is 0 Å². The molecule has 0 amide bonds. The Labute approximate surface area is 152 Å². The molecule has 0 saturated carbocycles. The molecular formula is C20H19NO5. The van der Waals surface area contributed by atoms with Crippen LogP contribution in [0.5, 0.6) is 23.0 Å². The van der Waals surface area contributed by atoms with Gasteiger partial charge in [0.15, 0.2) is 35.4 Å². The zero-order valence-electron chi connectivity index (χ0n) is 14.8. The highest BCUT2D eigenvalue weighted by molar-refractivity contribution is 6.07. The second kappa shape index (κ2) is 9.14. The van der Waals surface area contributed by atoms with Crippen LogP contribution >= 0.6 is 0 Å². The maximum atomic E-state index is 12.4. The number of ether oxygens (including phenoxy) is 4. The van der Waals surface area contributed by atoms with Gasteiger partial charge in [0.1, 0.15) is 6.07 Å². The van der Waals surface area contributed by atoms with Crippen molar-refractivity contribution in [2.45, 2.75) is 0 Å². The molecule has 6 heteroatoms. The van der Waals surface area contributed by atoms with E-state index in [0.29, 0.717) is 28.6 Å². The number of nitrogens with zero attached hydrogens (tertiary/aromatic N) is 1. The van der Waals surface area contributed by atoms with Gasteiger partial charge >= 0.3 is 0 Å². The standard InChI is InChI=1S/C20H19NO5/c1-23-17-9-6-15(13-20(17)25-3)16(22)7-4-14-5-8-18(26-11-10-21)19(12-14)24-2/h4-9,12-13H,11H2,1-3H3/b7-4+. The van der Waals surface area contributed by atoms with E-state index in [1.807, 2.05) is 6.07 Å². The summed E-state index contributed by atoms with van der Waals surface area (Å²) in [5.41, 5.74) is 1.25. The van der Waals surface area contributed by atoms with E-state index < -0.39 is 0 Å². The van der Waals surface area contributed by atoms with Crippen molar-refractivity contribution in [2.24, 2.45) is 0 Å². The van der Waals surface area contributed by atoms with Gasteiger partial charge < -0.3 is 18.9 Å². The second-order valence-corrected chi connectivity index (χ2v) is 5.12. The largest absolute Gasteiger partial charge is 0.493 e. The van der Waals surface area contributed by atoms with E-state index in [2.05, 4.69) is 0 Å². The van der Waals surface area contributed by atoms with Crippen LogP contribution in [-0.4, -0.2) is 33.7 Å². The fraction of sp³-hybridized carbons (Fsp3) is 0.200. The summed E-state index contributed by atoms with van der Waals surface area (Å²) in [6.07, 6.45) is 3.14. The first kappa shape index (κ1) is 18.9. The van der Waals surface area contributed by atoms with Gasteiger partial charge in [-0.25, -0.2) is 0 Å². The summed E-state index contributed by atoms with van der Waals surface area (Å²) in [5.74, 6) is 1.84. The fourth-order valence-corrected chi connectivity index (χ4v) is 2.27. The van der Waals surface area contributed by atoms with Crippen LogP contribution in [0.2, 0.25) is 0 Å². The van der Waals surface area contributed by atoms with Gasteiger partial charge in [0.25, 0.3) is 0 Å². The molecular weight excluding hydrogens is 334 g/mol. The molecule has 0 N–H and O–H groups in total. The third-order valence-electron chi connectivity index (χ3n) is 3.58. The molecule has 0 spiro atoms. The van der Waals surface area contributed by atoms with Crippen molar-refractivity contribution in [1.29, 1.82) is 5.26 Å². The van der Waals surface area contributed by atoms with Crippen LogP contribution in [0.25, 0.3) is 6.08 Å². The Morgan fingerprint density at radius 1 is 0.962 bits per heavy atom. The maximum absolute atomic E-state index is 12.4. The van der Waals surface area contributed by atoms with E-state index in [0.717, 1.165) is 5.56 Å². The Morgan fingerprint density at radius 2 is 1.62 bits per heavy atom. The summed E-state index contributed by atoms with van der Waals surface area (Å²) in [4.78, 5) is 12.4. The minimum Gasteiger partial charge on any atom is -0.493 e. The highest BCUT2D eigenvalue weighted by atomic mass is 16.5. The summed E-state index contributed by atoms with van der Waals surface area (Å²) in [6, 6.07) is 12.1. The van der Waals surface area contributed by atoms with E-state index in [-0.39, 0.29) is 12.4 Å². The highest BCUT2D eigenvalue weighted by Crippen LogP contribution is 2.29. The Morgan fingerprint density at radius 3 is 2.27 bits per heavy atom. The summed E-state index contributed by atoms with van der Waals surface area (Å²) < 4.78 is 20.9. The minimum absolute atomic E-state index is 0.0661. The first-order valence-electron chi connectivity index (χ1n) is 7.75. The Bertz CT molecular complexity index is 852. The van der Waals surface area contributed by atoms with Crippen LogP contribution in [0.4, 0.5) is 0 Å². The van der Waals surface area contributed by atoms with E-state index in [1.54, 1.807) is 42.5 Å². The number of hydrogen-bond donors (Lipinski definition) is 0. The summed E-state index contributed by atoms with van der Waals surface area (Å²) in [5, 5.41) is 8.59. The van der Waals surface area contributed by atoms with Crippen molar-refractivity contribution < 1.29 is 23.7 Å². The molecule has 2 aromatic carbocycles. The number of ketones is 1. The predicted octanol–water partition coefficient (Wildman–Crippen LogP) is 3.51. The van der Waals surface area contributed by atoms with E-state index in [1.165, 1.54) is 27.4 Å². The molecule has 0 fully saturated rings. The number of benzene rings is 2. The van der Waals surface area contributed by atoms with Crippen molar-refractivity contribution >= 4 is 11.9 Å². The molecule has 0 radical (unpaired) electrons. The minimum atomic E-state index is -0.172. The average Bonchev–Trinajstić information content (AvgIpc) is 2.69. The topological polar surface area (TPSA) is 77.8 Å². The van der Waals surface area contributed by atoms with Crippen molar-refractivity contribution in [1.82, 2.24) is 0 Å². The molecule has 0 unspecified atom stereocenters. The molecule has 0 aromatic heterocycles. The molecule has 134 valence electrons. The molecule has 0 bridgehead atoms. The van der Waals surface area contributed by atoms with Crippen molar-refractivity contribution in [3.05, 3.63) is 53.6 Å². The van der Waals surface area contributed by atoms with E-state index >= 15 is 0 Å². The lowest BCUT2D eigenvalue weighted by molar-refractivity contribution is 0.104. The van der Waals surface area contributed by atoms with Crippen LogP contribution in [0.1, 0.15) is 15.9 Å². The zero-order valence-corrected chi connectivity index (χ0v) is 14.8. The van der Waals surface area contributed by atoms with Gasteiger partial charge in [0, 0.05) is 5.56 Å². The average molecular weight is 353 g/mol. The van der Waals surface area contributed by atoms with Gasteiger partial charge in [-0.05, 0) is 42.0 Å². The van der Waals surface area contributed by atoms with Gasteiger partial charge in [-0.15, -0.1) is 0 Å². The second-order valence-electron chi connectivity index (χ2n) is 5.12. The first-order valence-corrected chi connectivity index (χ1v) is 7.75. The molecule has 2 aromatic rings. The highest BCUT2D eigenvalue weighted by Gasteiger charge is 2.09. The summed E-state index contributed by atoms with van der Waals surface area (Å²) >= 11 is 0. The fourth-order valence-electron chi connectivity index (χ4n) is 2.27. The third-order valence-corrected chi connectivity index (χ3v) is 3.58. The van der Waals surface area contributed by atoms with Gasteiger partial charge in [0.2, 0.25) is 0 Å². The van der Waals surface area contributed by atoms with Crippen LogP contribution in [0.3, 0.4) is 0 Å². The molecule has 0 atom stereocenters. The molecule has 0 aliphatic rings. The quantitative estimate of drug-likeness (QED) is 0.534. The van der Waals surface area contributed by atoms with Crippen molar-refractivity contribution in [3.8, 4) is 29.1 Å². The van der Waals surface area contributed by atoms with Crippen LogP contribution < -0.4 is 18.9 Å². The molecule has 0 aliphatic carbocycles. The monoisotopic (exact) mass is 353 g/mol. The molecule has 2 rings (SSSR count). The normalized spacial score (nSPS) is 10.2. The first-order chi connectivity index (χ1) is 12.6. The lowest BCUT2D eigenvalue weighted by Crippen LogP contribution is -1.98. The van der Waals surface area contributed by atoms with Gasteiger partial charge in [-0.2, -0.15) is 5.26 Å². The van der Waals surface area contributed by atoms with Crippen molar-refractivity contribution in [3.63, 3.8) is 0 Å². The molecule has 0 aliphatic heterocycles.